The van der Waals surface area contributed by atoms with Crippen LogP contribution in [0.5, 0.6) is 0 Å². The highest BCUT2D eigenvalue weighted by Crippen LogP contribution is 2.62. The van der Waals surface area contributed by atoms with Crippen LogP contribution < -0.4 is 4.90 Å². The lowest BCUT2D eigenvalue weighted by molar-refractivity contribution is 0.563. The molecule has 352 valence electrons. The van der Waals surface area contributed by atoms with Gasteiger partial charge in [0.15, 0.2) is 0 Å². The van der Waals surface area contributed by atoms with Crippen LogP contribution in [0.15, 0.2) is 261 Å². The average molecular weight is 946 g/mol. The van der Waals surface area contributed by atoms with Crippen LogP contribution >= 0.6 is 0 Å². The molecule has 1 spiro atoms. The van der Waals surface area contributed by atoms with Crippen LogP contribution in [-0.2, 0) is 16.2 Å². The second-order valence-electron chi connectivity index (χ2n) is 21.6. The third-order valence-electron chi connectivity index (χ3n) is 17.0. The van der Waals surface area contributed by atoms with E-state index in [1.165, 1.54) is 111 Å². The SMILES string of the molecule is CC1(C)c2ccccc2-c2ccc(-c3ccc(N(c4ccc(-c5ccc(-c6ccccc6)cc5)cc4)c4cccc(-c5ccc6c(c5)C(C)(C)c5ccccc5C65c6ccccc6-c6ccccc65)c4)cc3)cc21. The summed E-state index contributed by atoms with van der Waals surface area (Å²) in [5, 5.41) is 0. The van der Waals surface area contributed by atoms with Gasteiger partial charge in [0, 0.05) is 27.9 Å². The smallest absolute Gasteiger partial charge is 0.0719 e. The number of rotatable bonds is 7. The molecule has 0 radical (unpaired) electrons. The van der Waals surface area contributed by atoms with Crippen LogP contribution in [0, 0.1) is 0 Å². The average Bonchev–Trinajstić information content (AvgIpc) is 3.89. The third-order valence-corrected chi connectivity index (χ3v) is 17.0. The van der Waals surface area contributed by atoms with E-state index in [1.54, 1.807) is 0 Å². The van der Waals surface area contributed by atoms with Gasteiger partial charge in [0.25, 0.3) is 0 Å². The Kier molecular flexibility index (Phi) is 9.88. The van der Waals surface area contributed by atoms with Crippen LogP contribution in [0.2, 0.25) is 0 Å². The van der Waals surface area contributed by atoms with Crippen LogP contribution in [0.25, 0.3) is 66.8 Å². The fourth-order valence-electron chi connectivity index (χ4n) is 13.3. The Bertz CT molecular complexity index is 3940. The van der Waals surface area contributed by atoms with E-state index in [2.05, 4.69) is 293 Å². The van der Waals surface area contributed by atoms with Crippen molar-refractivity contribution in [3.8, 4) is 66.8 Å². The highest BCUT2D eigenvalue weighted by molar-refractivity contribution is 5.90. The number of hydrogen-bond donors (Lipinski definition) is 0. The van der Waals surface area contributed by atoms with Gasteiger partial charge in [-0.25, -0.2) is 0 Å². The molecule has 3 aliphatic rings. The zero-order valence-corrected chi connectivity index (χ0v) is 42.3. The summed E-state index contributed by atoms with van der Waals surface area (Å²) < 4.78 is 0. The molecular weight excluding hydrogens is 891 g/mol. The number of fused-ring (bicyclic) bond motifs is 12. The van der Waals surface area contributed by atoms with E-state index in [-0.39, 0.29) is 10.8 Å². The van der Waals surface area contributed by atoms with Crippen LogP contribution in [0.3, 0.4) is 0 Å². The van der Waals surface area contributed by atoms with Gasteiger partial charge in [-0.2, -0.15) is 0 Å². The largest absolute Gasteiger partial charge is 0.310 e. The van der Waals surface area contributed by atoms with Crippen molar-refractivity contribution < 1.29 is 0 Å². The van der Waals surface area contributed by atoms with Crippen LogP contribution in [0.1, 0.15) is 72.2 Å². The van der Waals surface area contributed by atoms with Crippen molar-refractivity contribution in [2.24, 2.45) is 0 Å². The molecule has 11 aromatic carbocycles. The Hall–Kier alpha value is -8.78. The van der Waals surface area contributed by atoms with Crippen molar-refractivity contribution in [2.75, 3.05) is 4.90 Å². The Morgan fingerprint density at radius 2 is 0.581 bits per heavy atom. The molecule has 0 aliphatic heterocycles. The number of benzene rings is 11. The fraction of sp³-hybridized carbons (Fsp3) is 0.0959. The van der Waals surface area contributed by atoms with E-state index >= 15 is 0 Å². The first-order valence-electron chi connectivity index (χ1n) is 26.2. The Morgan fingerprint density at radius 1 is 0.216 bits per heavy atom. The molecule has 0 heterocycles. The molecule has 0 amide bonds. The standard InChI is InChI=1S/C73H55N/c1-71(2)63-24-11-8-21-59(63)62-43-37-54(46-69(62)71)52-35-41-57(42-36-52)74(56-39-33-51(34-40-56)50-31-29-49(30-32-50)48-17-6-5-7-18-48)58-20-16-19-53(45-58)55-38-44-68-70(47-55)72(3,4)66-27-14-15-28-67(66)73(68)64-25-12-9-22-60(64)61-23-10-13-26-65(61)73/h5-47H,1-4H3. The molecule has 0 N–H and O–H groups in total. The van der Waals surface area contributed by atoms with Crippen molar-refractivity contribution >= 4 is 17.1 Å². The second-order valence-corrected chi connectivity index (χ2v) is 21.6. The van der Waals surface area contributed by atoms with Gasteiger partial charge >= 0.3 is 0 Å². The lowest BCUT2D eigenvalue weighted by Crippen LogP contribution is -2.40. The third kappa shape index (κ3) is 6.56. The minimum atomic E-state index is -0.422. The molecule has 14 rings (SSSR count). The molecule has 1 heteroatoms. The van der Waals surface area contributed by atoms with Gasteiger partial charge in [0.2, 0.25) is 0 Å². The van der Waals surface area contributed by atoms with Crippen molar-refractivity contribution in [1.29, 1.82) is 0 Å². The first-order valence-corrected chi connectivity index (χ1v) is 26.2. The Balaban J connectivity index is 0.871. The zero-order chi connectivity index (χ0) is 49.8. The summed E-state index contributed by atoms with van der Waals surface area (Å²) in [5.41, 5.74) is 28.6. The molecule has 0 saturated heterocycles. The number of anilines is 3. The van der Waals surface area contributed by atoms with Gasteiger partial charge in [-0.1, -0.05) is 240 Å². The van der Waals surface area contributed by atoms with Crippen molar-refractivity contribution in [3.05, 3.63) is 305 Å². The maximum absolute atomic E-state index is 2.50. The summed E-state index contributed by atoms with van der Waals surface area (Å²) in [6.45, 7) is 9.55. The highest BCUT2D eigenvalue weighted by Gasteiger charge is 2.53. The van der Waals surface area contributed by atoms with Gasteiger partial charge in [0.05, 0.1) is 5.41 Å². The minimum Gasteiger partial charge on any atom is -0.310 e. The van der Waals surface area contributed by atoms with E-state index in [0.717, 1.165) is 17.1 Å². The summed E-state index contributed by atoms with van der Waals surface area (Å²) >= 11 is 0. The first kappa shape index (κ1) is 44.0. The summed E-state index contributed by atoms with van der Waals surface area (Å²) in [4.78, 5) is 2.41. The maximum Gasteiger partial charge on any atom is 0.0719 e. The van der Waals surface area contributed by atoms with E-state index in [1.807, 2.05) is 0 Å². The summed E-state index contributed by atoms with van der Waals surface area (Å²) in [7, 11) is 0. The molecule has 11 aromatic rings. The van der Waals surface area contributed by atoms with Crippen LogP contribution in [-0.4, -0.2) is 0 Å². The molecule has 0 saturated carbocycles. The monoisotopic (exact) mass is 945 g/mol. The van der Waals surface area contributed by atoms with Gasteiger partial charge in [-0.15, -0.1) is 0 Å². The van der Waals surface area contributed by atoms with Gasteiger partial charge < -0.3 is 4.90 Å². The zero-order valence-electron chi connectivity index (χ0n) is 42.3. The molecule has 0 atom stereocenters. The number of hydrogen-bond acceptors (Lipinski definition) is 1. The summed E-state index contributed by atoms with van der Waals surface area (Å²) in [5.74, 6) is 0. The lowest BCUT2D eigenvalue weighted by Gasteiger charge is -2.46. The van der Waals surface area contributed by atoms with Crippen molar-refractivity contribution in [1.82, 2.24) is 0 Å². The first-order chi connectivity index (χ1) is 36.2. The van der Waals surface area contributed by atoms with Gasteiger partial charge in [0.1, 0.15) is 0 Å². The molecule has 0 bridgehead atoms. The Labute approximate surface area is 435 Å². The fourth-order valence-corrected chi connectivity index (χ4v) is 13.3. The normalized spacial score (nSPS) is 14.5. The quantitative estimate of drug-likeness (QED) is 0.154. The molecule has 1 nitrogen and oxygen atoms in total. The van der Waals surface area contributed by atoms with Crippen molar-refractivity contribution in [3.63, 3.8) is 0 Å². The molecule has 0 fully saturated rings. The van der Waals surface area contributed by atoms with E-state index < -0.39 is 5.41 Å². The van der Waals surface area contributed by atoms with E-state index in [0.29, 0.717) is 0 Å². The van der Waals surface area contributed by atoms with Gasteiger partial charge in [-0.05, 0) is 160 Å². The predicted molar refractivity (Wildman–Crippen MR) is 310 cm³/mol. The van der Waals surface area contributed by atoms with Gasteiger partial charge in [-0.3, -0.25) is 0 Å². The summed E-state index contributed by atoms with van der Waals surface area (Å²) in [6.07, 6.45) is 0. The molecular formula is C73H55N. The van der Waals surface area contributed by atoms with Crippen LogP contribution in [0.4, 0.5) is 17.1 Å². The lowest BCUT2D eigenvalue weighted by atomic mass is 9.55. The maximum atomic E-state index is 2.50. The molecule has 3 aliphatic carbocycles. The van der Waals surface area contributed by atoms with E-state index in [4.69, 9.17) is 0 Å². The molecule has 0 aromatic heterocycles. The topological polar surface area (TPSA) is 3.24 Å². The summed E-state index contributed by atoms with van der Waals surface area (Å²) in [6, 6.07) is 97.6. The second kappa shape index (κ2) is 16.6. The van der Waals surface area contributed by atoms with E-state index in [9.17, 15) is 0 Å². The Morgan fingerprint density at radius 3 is 1.19 bits per heavy atom. The highest BCUT2D eigenvalue weighted by atomic mass is 15.1. The van der Waals surface area contributed by atoms with Crippen molar-refractivity contribution in [2.45, 2.75) is 43.9 Å². The molecule has 74 heavy (non-hydrogen) atoms. The molecule has 0 unspecified atom stereocenters. The number of nitrogens with zero attached hydrogens (tertiary/aromatic N) is 1. The minimum absolute atomic E-state index is 0.0626. The predicted octanol–water partition coefficient (Wildman–Crippen LogP) is 19.1.